The van der Waals surface area contributed by atoms with Crippen LogP contribution in [0.3, 0.4) is 0 Å². The fraction of sp³-hybridized carbons (Fsp3) is 0.219. The molecule has 37 heavy (non-hydrogen) atoms. The third-order valence-electron chi connectivity index (χ3n) is 6.78. The fourth-order valence-electron chi connectivity index (χ4n) is 4.99. The molecule has 0 saturated carbocycles. The van der Waals surface area contributed by atoms with Crippen molar-refractivity contribution in [3.05, 3.63) is 102 Å². The predicted molar refractivity (Wildman–Crippen MR) is 148 cm³/mol. The first-order valence-electron chi connectivity index (χ1n) is 12.8. The van der Waals surface area contributed by atoms with E-state index in [2.05, 4.69) is 17.6 Å². The van der Waals surface area contributed by atoms with Crippen LogP contribution in [0.15, 0.2) is 84.9 Å². The van der Waals surface area contributed by atoms with Crippen molar-refractivity contribution in [2.75, 3.05) is 7.11 Å². The molecule has 0 unspecified atom stereocenters. The molecule has 0 aliphatic heterocycles. The van der Waals surface area contributed by atoms with Gasteiger partial charge < -0.3 is 19.1 Å². The first kappa shape index (κ1) is 24.4. The Kier molecular flexibility index (Phi) is 7.13. The maximum Gasteiger partial charge on any atom is 0.338 e. The molecule has 4 aromatic carbocycles. The Morgan fingerprint density at radius 2 is 1.65 bits per heavy atom. The lowest BCUT2D eigenvalue weighted by Crippen LogP contribution is -2.03. The summed E-state index contributed by atoms with van der Waals surface area (Å²) >= 11 is 0. The van der Waals surface area contributed by atoms with E-state index in [0.29, 0.717) is 22.9 Å². The first-order valence-corrected chi connectivity index (χ1v) is 12.8. The van der Waals surface area contributed by atoms with Gasteiger partial charge in [0, 0.05) is 10.9 Å². The molecule has 0 spiro atoms. The minimum Gasteiger partial charge on any atom is -0.507 e. The minimum atomic E-state index is -0.427. The molecule has 188 valence electrons. The monoisotopic (exact) mass is 493 g/mol. The van der Waals surface area contributed by atoms with Gasteiger partial charge in [0.05, 0.1) is 35.6 Å². The number of esters is 1. The van der Waals surface area contributed by atoms with E-state index in [9.17, 15) is 9.90 Å². The number of phenols is 1. The van der Waals surface area contributed by atoms with Crippen LogP contribution < -0.4 is 4.74 Å². The van der Waals surface area contributed by atoms with Gasteiger partial charge in [0.1, 0.15) is 17.2 Å². The number of phenolic OH excluding ortho intramolecular Hbond substituents is 1. The summed E-state index contributed by atoms with van der Waals surface area (Å²) in [6.45, 7) is 2.69. The smallest absolute Gasteiger partial charge is 0.338 e. The molecule has 5 heteroatoms. The zero-order chi connectivity index (χ0) is 25.8. The number of para-hydroxylation sites is 2. The van der Waals surface area contributed by atoms with Crippen LogP contribution in [-0.2, 0) is 17.7 Å². The first-order chi connectivity index (χ1) is 18.1. The molecule has 1 heterocycles. The number of rotatable bonds is 9. The van der Waals surface area contributed by atoms with Crippen molar-refractivity contribution in [1.29, 1.82) is 0 Å². The summed E-state index contributed by atoms with van der Waals surface area (Å²) in [7, 11) is 1.38. The molecule has 0 aliphatic carbocycles. The number of hydrogen-bond acceptors (Lipinski definition) is 4. The van der Waals surface area contributed by atoms with Crippen LogP contribution in [0.1, 0.15) is 47.7 Å². The van der Waals surface area contributed by atoms with Crippen LogP contribution in [0.5, 0.6) is 17.2 Å². The molecule has 5 rings (SSSR count). The van der Waals surface area contributed by atoms with E-state index in [-0.39, 0.29) is 5.75 Å². The molecule has 0 radical (unpaired) electrons. The Balaban J connectivity index is 1.69. The second-order valence-electron chi connectivity index (χ2n) is 9.27. The summed E-state index contributed by atoms with van der Waals surface area (Å²) in [4.78, 5) is 12.7. The summed E-state index contributed by atoms with van der Waals surface area (Å²) in [6, 6.07) is 27.2. The third-order valence-corrected chi connectivity index (χ3v) is 6.78. The molecule has 1 N–H and O–H groups in total. The number of hydrogen-bond donors (Lipinski definition) is 1. The van der Waals surface area contributed by atoms with Gasteiger partial charge in [0.15, 0.2) is 0 Å². The van der Waals surface area contributed by atoms with Crippen molar-refractivity contribution in [2.24, 2.45) is 0 Å². The van der Waals surface area contributed by atoms with Gasteiger partial charge >= 0.3 is 5.97 Å². The molecule has 0 atom stereocenters. The molecule has 5 nitrogen and oxygen atoms in total. The summed E-state index contributed by atoms with van der Waals surface area (Å²) in [5.41, 5.74) is 4.24. The maximum absolute atomic E-state index is 12.7. The van der Waals surface area contributed by atoms with Gasteiger partial charge in [-0.2, -0.15) is 0 Å². The van der Waals surface area contributed by atoms with Crippen LogP contribution in [-0.4, -0.2) is 22.8 Å². The van der Waals surface area contributed by atoms with Crippen LogP contribution in [0.25, 0.3) is 21.8 Å². The van der Waals surface area contributed by atoms with Crippen molar-refractivity contribution in [2.45, 2.75) is 39.2 Å². The topological polar surface area (TPSA) is 60.7 Å². The number of methoxy groups -OCH3 is 1. The summed E-state index contributed by atoms with van der Waals surface area (Å²) in [6.07, 6.45) is 4.22. The Bertz CT molecular complexity index is 1550. The lowest BCUT2D eigenvalue weighted by molar-refractivity contribution is 0.0603. The molecule has 0 bridgehead atoms. The number of benzene rings is 4. The SMILES string of the molecule is CCCCCc1cc(O)c2c3c(C(=O)OC)cccc3n(Cc3ccccc3Oc3ccccc3)c2c1. The quantitative estimate of drug-likeness (QED) is 0.168. The zero-order valence-corrected chi connectivity index (χ0v) is 21.2. The molecule has 0 amide bonds. The van der Waals surface area contributed by atoms with Gasteiger partial charge in [-0.25, -0.2) is 4.79 Å². The number of carbonyl (C=O) groups is 1. The van der Waals surface area contributed by atoms with Crippen LogP contribution in [0.2, 0.25) is 0 Å². The van der Waals surface area contributed by atoms with Crippen molar-refractivity contribution >= 4 is 27.8 Å². The van der Waals surface area contributed by atoms with Crippen LogP contribution >= 0.6 is 0 Å². The van der Waals surface area contributed by atoms with Gasteiger partial charge in [-0.3, -0.25) is 0 Å². The average Bonchev–Trinajstić information content (AvgIpc) is 3.24. The maximum atomic E-state index is 12.7. The predicted octanol–water partition coefficient (Wildman–Crippen LogP) is 7.86. The number of nitrogens with zero attached hydrogens (tertiary/aromatic N) is 1. The summed E-state index contributed by atoms with van der Waals surface area (Å²) in [5.74, 6) is 1.28. The molecule has 0 saturated heterocycles. The van der Waals surface area contributed by atoms with Gasteiger partial charge in [0.25, 0.3) is 0 Å². The Hall–Kier alpha value is -4.25. The Morgan fingerprint density at radius 1 is 0.865 bits per heavy atom. The number of aryl methyl sites for hydroxylation is 1. The summed E-state index contributed by atoms with van der Waals surface area (Å²) < 4.78 is 13.5. The van der Waals surface area contributed by atoms with Crippen molar-refractivity contribution < 1.29 is 19.4 Å². The minimum absolute atomic E-state index is 0.179. The number of fused-ring (bicyclic) bond motifs is 3. The molecule has 0 fully saturated rings. The van der Waals surface area contributed by atoms with Crippen molar-refractivity contribution in [3.8, 4) is 17.2 Å². The standard InChI is InChI=1S/C32H31NO4/c1-3-4-6-12-22-19-27-31(28(34)20-22)30-25(32(35)36-2)16-11-17-26(30)33(27)21-23-13-9-10-18-29(23)37-24-14-7-5-8-15-24/h5,7-11,13-20,34H,3-4,6,12,21H2,1-2H3. The van der Waals surface area contributed by atoms with E-state index in [1.807, 2.05) is 72.8 Å². The number of unbranched alkanes of at least 4 members (excludes halogenated alkanes) is 2. The third kappa shape index (κ3) is 4.90. The van der Waals surface area contributed by atoms with Gasteiger partial charge in [-0.05, 0) is 60.9 Å². The second kappa shape index (κ2) is 10.8. The zero-order valence-electron chi connectivity index (χ0n) is 21.2. The number of carbonyl (C=O) groups excluding carboxylic acids is 1. The number of aromatic nitrogens is 1. The van der Waals surface area contributed by atoms with E-state index in [0.717, 1.165) is 59.3 Å². The number of ether oxygens (including phenoxy) is 2. The Morgan fingerprint density at radius 3 is 2.43 bits per heavy atom. The van der Waals surface area contributed by atoms with Crippen molar-refractivity contribution in [1.82, 2.24) is 4.57 Å². The van der Waals surface area contributed by atoms with Gasteiger partial charge in [-0.1, -0.05) is 62.2 Å². The highest BCUT2D eigenvalue weighted by Crippen LogP contribution is 2.40. The molecule has 1 aromatic heterocycles. The van der Waals surface area contributed by atoms with Crippen molar-refractivity contribution in [3.63, 3.8) is 0 Å². The lowest BCUT2D eigenvalue weighted by Gasteiger charge is -2.14. The van der Waals surface area contributed by atoms with Crippen LogP contribution in [0.4, 0.5) is 0 Å². The highest BCUT2D eigenvalue weighted by atomic mass is 16.5. The largest absolute Gasteiger partial charge is 0.507 e. The van der Waals surface area contributed by atoms with E-state index in [1.54, 1.807) is 6.07 Å². The number of aromatic hydroxyl groups is 1. The lowest BCUT2D eigenvalue weighted by atomic mass is 10.0. The van der Waals surface area contributed by atoms with Gasteiger partial charge in [-0.15, -0.1) is 0 Å². The highest BCUT2D eigenvalue weighted by Gasteiger charge is 2.22. The van der Waals surface area contributed by atoms with E-state index in [4.69, 9.17) is 9.47 Å². The van der Waals surface area contributed by atoms with E-state index < -0.39 is 5.97 Å². The van der Waals surface area contributed by atoms with E-state index >= 15 is 0 Å². The highest BCUT2D eigenvalue weighted by molar-refractivity contribution is 6.19. The molecular formula is C32H31NO4. The second-order valence-corrected chi connectivity index (χ2v) is 9.27. The van der Waals surface area contributed by atoms with E-state index in [1.165, 1.54) is 7.11 Å². The normalized spacial score (nSPS) is 11.2. The fourth-order valence-corrected chi connectivity index (χ4v) is 4.99. The van der Waals surface area contributed by atoms with Crippen LogP contribution in [0, 0.1) is 0 Å². The Labute approximate surface area is 216 Å². The summed E-state index contributed by atoms with van der Waals surface area (Å²) in [5, 5.41) is 12.6. The van der Waals surface area contributed by atoms with Gasteiger partial charge in [0.2, 0.25) is 0 Å². The average molecular weight is 494 g/mol. The molecular weight excluding hydrogens is 462 g/mol. The molecule has 5 aromatic rings. The molecule has 0 aliphatic rings.